The second-order valence-electron chi connectivity index (χ2n) is 4.36. The molecule has 0 aliphatic carbocycles. The van der Waals surface area contributed by atoms with E-state index in [2.05, 4.69) is 27.1 Å². The molecule has 1 saturated heterocycles. The highest BCUT2D eigenvalue weighted by Gasteiger charge is 2.17. The fourth-order valence-electron chi connectivity index (χ4n) is 1.98. The van der Waals surface area contributed by atoms with Crippen molar-refractivity contribution in [3.63, 3.8) is 0 Å². The molecule has 2 heterocycles. The van der Waals surface area contributed by atoms with Gasteiger partial charge >= 0.3 is 0 Å². The molecular formula is C12H20N4OS. The number of anilines is 2. The fourth-order valence-corrected chi connectivity index (χ4v) is 3.03. The van der Waals surface area contributed by atoms with Gasteiger partial charge in [0.15, 0.2) is 0 Å². The number of nitrogens with one attached hydrogen (secondary N) is 1. The molecule has 1 fully saturated rings. The van der Waals surface area contributed by atoms with Gasteiger partial charge in [-0.25, -0.2) is 9.97 Å². The van der Waals surface area contributed by atoms with Crippen molar-refractivity contribution in [2.45, 2.75) is 19.8 Å². The summed E-state index contributed by atoms with van der Waals surface area (Å²) >= 11 is 0. The fraction of sp³-hybridized carbons (Fsp3) is 0.667. The lowest BCUT2D eigenvalue weighted by molar-refractivity contribution is 0.672. The van der Waals surface area contributed by atoms with Crippen molar-refractivity contribution in [1.82, 2.24) is 9.97 Å². The number of aromatic nitrogens is 2. The summed E-state index contributed by atoms with van der Waals surface area (Å²) in [5.41, 5.74) is 0. The van der Waals surface area contributed by atoms with Crippen molar-refractivity contribution in [3.8, 4) is 0 Å². The molecule has 0 aromatic carbocycles. The molecule has 2 rings (SSSR count). The average Bonchev–Trinajstić information content (AvgIpc) is 2.39. The van der Waals surface area contributed by atoms with Gasteiger partial charge in [-0.05, 0) is 6.42 Å². The summed E-state index contributed by atoms with van der Waals surface area (Å²) in [7, 11) is 1.22. The Balaban J connectivity index is 2.20. The van der Waals surface area contributed by atoms with Gasteiger partial charge in [-0.3, -0.25) is 4.21 Å². The maximum absolute atomic E-state index is 11.4. The van der Waals surface area contributed by atoms with E-state index in [0.717, 1.165) is 54.9 Å². The summed E-state index contributed by atoms with van der Waals surface area (Å²) in [4.78, 5) is 11.2. The highest BCUT2D eigenvalue weighted by Crippen LogP contribution is 2.18. The SMILES string of the molecule is CCCc1nc(NC)cc(N2CCS(=O)CC2)n1. The highest BCUT2D eigenvalue weighted by atomic mass is 32.2. The molecule has 0 amide bonds. The Labute approximate surface area is 110 Å². The number of rotatable bonds is 4. The molecule has 18 heavy (non-hydrogen) atoms. The van der Waals surface area contributed by atoms with Crippen LogP contribution in [0.4, 0.5) is 11.6 Å². The number of aryl methyl sites for hydroxylation is 1. The summed E-state index contributed by atoms with van der Waals surface area (Å²) < 4.78 is 11.4. The Morgan fingerprint density at radius 2 is 2.11 bits per heavy atom. The summed E-state index contributed by atoms with van der Waals surface area (Å²) in [5, 5.41) is 3.08. The van der Waals surface area contributed by atoms with Gasteiger partial charge in [0.2, 0.25) is 0 Å². The molecule has 5 nitrogen and oxygen atoms in total. The van der Waals surface area contributed by atoms with Gasteiger partial charge in [-0.15, -0.1) is 0 Å². The van der Waals surface area contributed by atoms with E-state index in [4.69, 9.17) is 0 Å². The molecule has 6 heteroatoms. The first-order chi connectivity index (χ1) is 8.72. The maximum Gasteiger partial charge on any atom is 0.134 e. The van der Waals surface area contributed by atoms with Crippen molar-refractivity contribution in [3.05, 3.63) is 11.9 Å². The molecule has 0 bridgehead atoms. The normalized spacial score (nSPS) is 16.9. The lowest BCUT2D eigenvalue weighted by Crippen LogP contribution is -2.38. The maximum atomic E-state index is 11.4. The first kappa shape index (κ1) is 13.3. The van der Waals surface area contributed by atoms with Crippen LogP contribution in [0.5, 0.6) is 0 Å². The summed E-state index contributed by atoms with van der Waals surface area (Å²) in [6.45, 7) is 3.76. The van der Waals surface area contributed by atoms with Gasteiger partial charge in [0, 0.05) is 54.9 Å². The third kappa shape index (κ3) is 3.19. The predicted molar refractivity (Wildman–Crippen MR) is 75.7 cm³/mol. The van der Waals surface area contributed by atoms with Crippen LogP contribution in [0.3, 0.4) is 0 Å². The van der Waals surface area contributed by atoms with Crippen LogP contribution >= 0.6 is 0 Å². The van der Waals surface area contributed by atoms with Crippen molar-refractivity contribution in [2.24, 2.45) is 0 Å². The second-order valence-corrected chi connectivity index (χ2v) is 6.06. The summed E-state index contributed by atoms with van der Waals surface area (Å²) in [5.74, 6) is 4.17. The minimum atomic E-state index is -0.651. The van der Waals surface area contributed by atoms with Gasteiger partial charge < -0.3 is 10.2 Å². The minimum absolute atomic E-state index is 0.651. The van der Waals surface area contributed by atoms with E-state index in [1.54, 1.807) is 0 Å². The minimum Gasteiger partial charge on any atom is -0.373 e. The second kappa shape index (κ2) is 6.13. The van der Waals surface area contributed by atoms with Gasteiger partial charge in [0.1, 0.15) is 17.5 Å². The molecule has 1 aliphatic rings. The Morgan fingerprint density at radius 1 is 1.39 bits per heavy atom. The topological polar surface area (TPSA) is 58.1 Å². The molecule has 100 valence electrons. The zero-order valence-corrected chi connectivity index (χ0v) is 11.8. The average molecular weight is 268 g/mol. The number of nitrogens with zero attached hydrogens (tertiary/aromatic N) is 3. The van der Waals surface area contributed by atoms with E-state index >= 15 is 0 Å². The molecule has 1 aromatic rings. The van der Waals surface area contributed by atoms with E-state index < -0.39 is 10.8 Å². The standard InChI is InChI=1S/C12H20N4OS/c1-3-4-10-14-11(13-2)9-12(15-10)16-5-7-18(17)8-6-16/h9H,3-8H2,1-2H3,(H,13,14,15). The van der Waals surface area contributed by atoms with E-state index in [9.17, 15) is 4.21 Å². The van der Waals surface area contributed by atoms with Crippen molar-refractivity contribution in [1.29, 1.82) is 0 Å². The van der Waals surface area contributed by atoms with Crippen molar-refractivity contribution >= 4 is 22.4 Å². The Morgan fingerprint density at radius 3 is 2.72 bits per heavy atom. The van der Waals surface area contributed by atoms with E-state index in [1.165, 1.54) is 0 Å². The van der Waals surface area contributed by atoms with E-state index in [-0.39, 0.29) is 0 Å². The van der Waals surface area contributed by atoms with Crippen LogP contribution in [0.15, 0.2) is 6.07 Å². The van der Waals surface area contributed by atoms with Crippen LogP contribution in [0, 0.1) is 0 Å². The van der Waals surface area contributed by atoms with Crippen LogP contribution in [-0.2, 0) is 17.2 Å². The third-order valence-corrected chi connectivity index (χ3v) is 4.27. The monoisotopic (exact) mass is 268 g/mol. The van der Waals surface area contributed by atoms with Crippen LogP contribution in [0.25, 0.3) is 0 Å². The molecule has 1 aliphatic heterocycles. The highest BCUT2D eigenvalue weighted by molar-refractivity contribution is 7.85. The summed E-state index contributed by atoms with van der Waals surface area (Å²) in [6, 6.07) is 1.97. The van der Waals surface area contributed by atoms with E-state index in [1.807, 2.05) is 13.1 Å². The summed E-state index contributed by atoms with van der Waals surface area (Å²) in [6.07, 6.45) is 1.93. The number of hydrogen-bond acceptors (Lipinski definition) is 5. The van der Waals surface area contributed by atoms with Gasteiger partial charge in [0.05, 0.1) is 0 Å². The zero-order chi connectivity index (χ0) is 13.0. The van der Waals surface area contributed by atoms with Crippen molar-refractivity contribution in [2.75, 3.05) is 41.9 Å². The lowest BCUT2D eigenvalue weighted by Gasteiger charge is -2.27. The molecular weight excluding hydrogens is 248 g/mol. The Hall–Kier alpha value is -1.17. The van der Waals surface area contributed by atoms with Crippen molar-refractivity contribution < 1.29 is 4.21 Å². The first-order valence-electron chi connectivity index (χ1n) is 6.38. The van der Waals surface area contributed by atoms with Gasteiger partial charge in [-0.2, -0.15) is 0 Å². The predicted octanol–water partition coefficient (Wildman–Crippen LogP) is 1.04. The number of hydrogen-bond donors (Lipinski definition) is 1. The third-order valence-electron chi connectivity index (χ3n) is 2.99. The first-order valence-corrected chi connectivity index (χ1v) is 7.87. The van der Waals surface area contributed by atoms with Crippen LogP contribution in [0.2, 0.25) is 0 Å². The van der Waals surface area contributed by atoms with Gasteiger partial charge in [0.25, 0.3) is 0 Å². The Bertz CT molecular complexity index is 428. The lowest BCUT2D eigenvalue weighted by atomic mass is 10.3. The zero-order valence-electron chi connectivity index (χ0n) is 11.0. The van der Waals surface area contributed by atoms with Crippen LogP contribution < -0.4 is 10.2 Å². The molecule has 0 radical (unpaired) electrons. The Kier molecular flexibility index (Phi) is 4.52. The molecule has 0 spiro atoms. The van der Waals surface area contributed by atoms with Crippen LogP contribution in [0.1, 0.15) is 19.2 Å². The molecule has 1 N–H and O–H groups in total. The largest absolute Gasteiger partial charge is 0.373 e. The molecule has 1 aromatic heterocycles. The van der Waals surface area contributed by atoms with Gasteiger partial charge in [-0.1, -0.05) is 6.92 Å². The smallest absolute Gasteiger partial charge is 0.134 e. The van der Waals surface area contributed by atoms with Crippen LogP contribution in [-0.4, -0.2) is 45.8 Å². The van der Waals surface area contributed by atoms with E-state index in [0.29, 0.717) is 0 Å². The molecule has 0 atom stereocenters. The molecule has 0 unspecified atom stereocenters. The molecule has 0 saturated carbocycles. The quantitative estimate of drug-likeness (QED) is 0.884.